The van der Waals surface area contributed by atoms with E-state index in [1.54, 1.807) is 0 Å². The van der Waals surface area contributed by atoms with E-state index in [2.05, 4.69) is 52.1 Å². The van der Waals surface area contributed by atoms with Crippen molar-refractivity contribution in [2.45, 2.75) is 70.3 Å². The standard InChI is InChI=1S/C23H33N5O.ClH/c1-17-7-6-8-19(15-17)23(11-4-3-5-12-23)16-25-22(29)21-18(2)28(27-26-21)20-9-13-24-14-10-20;/h6-8,15,20,24H,3-5,9-14,16H2,1-2H3,(H,25,29);1H. The van der Waals surface area contributed by atoms with Gasteiger partial charge in [-0.1, -0.05) is 54.3 Å². The molecule has 1 saturated carbocycles. The highest BCUT2D eigenvalue weighted by Gasteiger charge is 2.35. The molecule has 2 fully saturated rings. The van der Waals surface area contributed by atoms with E-state index in [0.717, 1.165) is 44.5 Å². The molecule has 0 atom stereocenters. The maximum absolute atomic E-state index is 13.0. The summed E-state index contributed by atoms with van der Waals surface area (Å²) in [7, 11) is 0. The number of carbonyl (C=O) groups excluding carboxylic acids is 1. The van der Waals surface area contributed by atoms with Gasteiger partial charge < -0.3 is 10.6 Å². The summed E-state index contributed by atoms with van der Waals surface area (Å²) in [5.41, 5.74) is 4.01. The number of rotatable bonds is 5. The number of hydrogen-bond acceptors (Lipinski definition) is 4. The van der Waals surface area contributed by atoms with Gasteiger partial charge >= 0.3 is 0 Å². The fraction of sp³-hybridized carbons (Fsp3) is 0.609. The van der Waals surface area contributed by atoms with Crippen molar-refractivity contribution in [2.75, 3.05) is 19.6 Å². The van der Waals surface area contributed by atoms with Crippen LogP contribution in [0.3, 0.4) is 0 Å². The predicted molar refractivity (Wildman–Crippen MR) is 121 cm³/mol. The molecule has 2 heterocycles. The first-order valence-electron chi connectivity index (χ1n) is 11.1. The van der Waals surface area contributed by atoms with Crippen molar-refractivity contribution in [1.29, 1.82) is 0 Å². The van der Waals surface area contributed by atoms with Gasteiger partial charge in [0.05, 0.1) is 11.7 Å². The number of hydrogen-bond donors (Lipinski definition) is 2. The van der Waals surface area contributed by atoms with Crippen LogP contribution in [0.5, 0.6) is 0 Å². The average molecular weight is 432 g/mol. The third kappa shape index (κ3) is 4.70. The lowest BCUT2D eigenvalue weighted by molar-refractivity contribution is 0.0931. The molecule has 2 N–H and O–H groups in total. The zero-order chi connectivity index (χ0) is 20.3. The molecule has 0 unspecified atom stereocenters. The molecular weight excluding hydrogens is 398 g/mol. The van der Waals surface area contributed by atoms with E-state index in [1.807, 2.05) is 11.6 Å². The molecule has 6 nitrogen and oxygen atoms in total. The van der Waals surface area contributed by atoms with Gasteiger partial charge in [0.25, 0.3) is 5.91 Å². The zero-order valence-corrected chi connectivity index (χ0v) is 18.9. The number of benzene rings is 1. The second kappa shape index (κ2) is 9.92. The highest BCUT2D eigenvalue weighted by molar-refractivity contribution is 5.93. The Bertz CT molecular complexity index is 853. The van der Waals surface area contributed by atoms with Crippen molar-refractivity contribution in [3.05, 3.63) is 46.8 Å². The number of aryl methyl sites for hydroxylation is 1. The minimum Gasteiger partial charge on any atom is -0.350 e. The van der Waals surface area contributed by atoms with Gasteiger partial charge in [-0.05, 0) is 58.2 Å². The van der Waals surface area contributed by atoms with Crippen LogP contribution in [0.2, 0.25) is 0 Å². The molecule has 0 radical (unpaired) electrons. The zero-order valence-electron chi connectivity index (χ0n) is 18.1. The Kier molecular flexibility index (Phi) is 7.53. The van der Waals surface area contributed by atoms with Gasteiger partial charge in [0.15, 0.2) is 5.69 Å². The summed E-state index contributed by atoms with van der Waals surface area (Å²) in [6, 6.07) is 9.13. The highest BCUT2D eigenvalue weighted by atomic mass is 35.5. The Balaban J connectivity index is 0.00000256. The lowest BCUT2D eigenvalue weighted by Gasteiger charge is -2.38. The largest absolute Gasteiger partial charge is 0.350 e. The Morgan fingerprint density at radius 3 is 2.63 bits per heavy atom. The van der Waals surface area contributed by atoms with Gasteiger partial charge in [-0.15, -0.1) is 17.5 Å². The summed E-state index contributed by atoms with van der Waals surface area (Å²) in [5.74, 6) is -0.0970. The van der Waals surface area contributed by atoms with Crippen molar-refractivity contribution in [1.82, 2.24) is 25.6 Å². The number of aromatic nitrogens is 3. The summed E-state index contributed by atoms with van der Waals surface area (Å²) in [5, 5.41) is 15.2. The number of halogens is 1. The maximum atomic E-state index is 13.0. The molecule has 1 aliphatic carbocycles. The third-order valence-corrected chi connectivity index (χ3v) is 6.83. The third-order valence-electron chi connectivity index (χ3n) is 6.83. The van der Waals surface area contributed by atoms with Crippen LogP contribution in [0.15, 0.2) is 24.3 Å². The molecule has 2 aromatic rings. The van der Waals surface area contributed by atoms with Gasteiger partial charge in [-0.3, -0.25) is 4.79 Å². The minimum absolute atomic E-state index is 0. The second-order valence-corrected chi connectivity index (χ2v) is 8.84. The number of amides is 1. The van der Waals surface area contributed by atoms with E-state index in [4.69, 9.17) is 0 Å². The molecule has 0 bridgehead atoms. The van der Waals surface area contributed by atoms with E-state index < -0.39 is 0 Å². The van der Waals surface area contributed by atoms with Crippen LogP contribution in [-0.4, -0.2) is 40.5 Å². The number of nitrogens with one attached hydrogen (secondary N) is 2. The normalized spacial score (nSPS) is 19.1. The van der Waals surface area contributed by atoms with E-state index >= 15 is 0 Å². The number of piperidine rings is 1. The summed E-state index contributed by atoms with van der Waals surface area (Å²) >= 11 is 0. The van der Waals surface area contributed by atoms with E-state index in [9.17, 15) is 4.79 Å². The first-order valence-corrected chi connectivity index (χ1v) is 11.1. The van der Waals surface area contributed by atoms with Crippen LogP contribution in [0.25, 0.3) is 0 Å². The Morgan fingerprint density at radius 1 is 1.20 bits per heavy atom. The van der Waals surface area contributed by atoms with Crippen LogP contribution in [0.4, 0.5) is 0 Å². The Hall–Kier alpha value is -1.92. The van der Waals surface area contributed by atoms with Gasteiger partial charge in [-0.25, -0.2) is 4.68 Å². The van der Waals surface area contributed by atoms with Gasteiger partial charge in [0.1, 0.15) is 0 Å². The van der Waals surface area contributed by atoms with Gasteiger partial charge in [0, 0.05) is 12.0 Å². The predicted octanol–water partition coefficient (Wildman–Crippen LogP) is 3.87. The SMILES string of the molecule is Cc1cccc(C2(CNC(=O)c3nnn(C4CCNCC4)c3C)CCCCC2)c1.Cl. The number of nitrogens with zero attached hydrogens (tertiary/aromatic N) is 3. The lowest BCUT2D eigenvalue weighted by atomic mass is 9.69. The smallest absolute Gasteiger partial charge is 0.273 e. The monoisotopic (exact) mass is 431 g/mol. The minimum atomic E-state index is -0.0970. The van der Waals surface area contributed by atoms with Crippen LogP contribution in [-0.2, 0) is 5.41 Å². The molecule has 4 rings (SSSR count). The lowest BCUT2D eigenvalue weighted by Crippen LogP contribution is -2.42. The average Bonchev–Trinajstić information content (AvgIpc) is 3.15. The molecule has 1 saturated heterocycles. The van der Waals surface area contributed by atoms with Crippen molar-refractivity contribution in [3.63, 3.8) is 0 Å². The molecule has 1 aliphatic heterocycles. The quantitative estimate of drug-likeness (QED) is 0.753. The summed E-state index contributed by atoms with van der Waals surface area (Å²) in [4.78, 5) is 13.0. The fourth-order valence-electron chi connectivity index (χ4n) is 5.05. The molecule has 1 aromatic heterocycles. The van der Waals surface area contributed by atoms with Crippen molar-refractivity contribution in [2.24, 2.45) is 0 Å². The van der Waals surface area contributed by atoms with E-state index in [-0.39, 0.29) is 23.7 Å². The molecule has 2 aliphatic rings. The molecule has 1 amide bonds. The molecule has 30 heavy (non-hydrogen) atoms. The van der Waals surface area contributed by atoms with Crippen molar-refractivity contribution in [3.8, 4) is 0 Å². The summed E-state index contributed by atoms with van der Waals surface area (Å²) in [6.45, 7) is 6.75. The van der Waals surface area contributed by atoms with Crippen LogP contribution in [0, 0.1) is 13.8 Å². The molecule has 0 spiro atoms. The van der Waals surface area contributed by atoms with Crippen molar-refractivity contribution >= 4 is 18.3 Å². The first-order chi connectivity index (χ1) is 14.1. The fourth-order valence-corrected chi connectivity index (χ4v) is 5.05. The van der Waals surface area contributed by atoms with Crippen LogP contribution in [0.1, 0.15) is 78.3 Å². The van der Waals surface area contributed by atoms with Crippen LogP contribution >= 0.6 is 12.4 Å². The molecule has 164 valence electrons. The molecular formula is C23H34ClN5O. The first kappa shape index (κ1) is 22.8. The maximum Gasteiger partial charge on any atom is 0.273 e. The molecule has 7 heteroatoms. The highest BCUT2D eigenvalue weighted by Crippen LogP contribution is 2.39. The van der Waals surface area contributed by atoms with E-state index in [1.165, 1.54) is 30.4 Å². The number of carbonyl (C=O) groups is 1. The topological polar surface area (TPSA) is 71.8 Å². The van der Waals surface area contributed by atoms with Gasteiger partial charge in [-0.2, -0.15) is 0 Å². The summed E-state index contributed by atoms with van der Waals surface area (Å²) in [6.07, 6.45) is 8.02. The Morgan fingerprint density at radius 2 is 1.93 bits per heavy atom. The second-order valence-electron chi connectivity index (χ2n) is 8.84. The molecule has 1 aromatic carbocycles. The van der Waals surface area contributed by atoms with Crippen LogP contribution < -0.4 is 10.6 Å². The van der Waals surface area contributed by atoms with E-state index in [0.29, 0.717) is 18.3 Å². The Labute approximate surface area is 185 Å². The van der Waals surface area contributed by atoms with Gasteiger partial charge in [0.2, 0.25) is 0 Å². The van der Waals surface area contributed by atoms with Crippen molar-refractivity contribution < 1.29 is 4.79 Å². The summed E-state index contributed by atoms with van der Waals surface area (Å²) < 4.78 is 1.95.